The fourth-order valence-electron chi connectivity index (χ4n) is 0.981. The Kier molecular flexibility index (Phi) is 3.34. The van der Waals surface area contributed by atoms with Crippen LogP contribution in [0, 0.1) is 0 Å². The van der Waals surface area contributed by atoms with Gasteiger partial charge in [0, 0.05) is 12.7 Å². The van der Waals surface area contributed by atoms with E-state index in [9.17, 15) is 0 Å². The Morgan fingerprint density at radius 3 is 2.64 bits per heavy atom. The molecule has 0 saturated carbocycles. The minimum atomic E-state index is -0.302. The maximum atomic E-state index is 6.05. The molecule has 1 heterocycles. The standard InChI is InChI=1S/C10H15ClN2O/c1-10(2,3)14-9-8(11)7(6-12)4-5-13-9/h4-5H,6,12H2,1-3H3. The fraction of sp³-hybridized carbons (Fsp3) is 0.500. The van der Waals surface area contributed by atoms with Crippen molar-refractivity contribution in [3.8, 4) is 5.88 Å². The third-order valence-electron chi connectivity index (χ3n) is 1.56. The van der Waals surface area contributed by atoms with Gasteiger partial charge in [0.15, 0.2) is 0 Å². The van der Waals surface area contributed by atoms with Crippen molar-refractivity contribution in [2.45, 2.75) is 32.9 Å². The van der Waals surface area contributed by atoms with E-state index in [0.717, 1.165) is 5.56 Å². The molecule has 78 valence electrons. The zero-order chi connectivity index (χ0) is 10.8. The number of nitrogens with two attached hydrogens (primary N) is 1. The number of hydrogen-bond acceptors (Lipinski definition) is 3. The minimum absolute atomic E-state index is 0.302. The van der Waals surface area contributed by atoms with Gasteiger partial charge >= 0.3 is 0 Å². The summed E-state index contributed by atoms with van der Waals surface area (Å²) in [6.07, 6.45) is 1.65. The monoisotopic (exact) mass is 214 g/mol. The highest BCUT2D eigenvalue weighted by molar-refractivity contribution is 6.32. The molecule has 0 unspecified atom stereocenters. The molecule has 0 saturated heterocycles. The molecule has 0 aliphatic rings. The third-order valence-corrected chi connectivity index (χ3v) is 1.96. The molecule has 0 bridgehead atoms. The van der Waals surface area contributed by atoms with Crippen LogP contribution < -0.4 is 10.5 Å². The molecule has 0 radical (unpaired) electrons. The first-order valence-corrected chi connectivity index (χ1v) is 4.84. The second kappa shape index (κ2) is 4.15. The summed E-state index contributed by atoms with van der Waals surface area (Å²) in [5, 5.41) is 0.505. The summed E-state index contributed by atoms with van der Waals surface area (Å²) in [7, 11) is 0. The molecule has 0 fully saturated rings. The SMILES string of the molecule is CC(C)(C)Oc1nccc(CN)c1Cl. The van der Waals surface area contributed by atoms with Gasteiger partial charge in [0.25, 0.3) is 0 Å². The van der Waals surface area contributed by atoms with Gasteiger partial charge in [-0.3, -0.25) is 0 Å². The number of ether oxygens (including phenoxy) is 1. The summed E-state index contributed by atoms with van der Waals surface area (Å²) in [5.74, 6) is 0.446. The van der Waals surface area contributed by atoms with E-state index in [4.69, 9.17) is 22.1 Å². The lowest BCUT2D eigenvalue weighted by Gasteiger charge is -2.21. The average Bonchev–Trinajstić information content (AvgIpc) is 2.06. The Hall–Kier alpha value is -0.800. The molecule has 4 heteroatoms. The Balaban J connectivity index is 2.98. The van der Waals surface area contributed by atoms with E-state index in [1.807, 2.05) is 20.8 Å². The van der Waals surface area contributed by atoms with Gasteiger partial charge in [-0.15, -0.1) is 0 Å². The van der Waals surface area contributed by atoms with E-state index in [0.29, 0.717) is 17.4 Å². The van der Waals surface area contributed by atoms with Crippen LogP contribution in [0.15, 0.2) is 12.3 Å². The average molecular weight is 215 g/mol. The van der Waals surface area contributed by atoms with Crippen molar-refractivity contribution in [1.29, 1.82) is 0 Å². The normalized spacial score (nSPS) is 11.5. The summed E-state index contributed by atoms with van der Waals surface area (Å²) in [5.41, 5.74) is 6.06. The minimum Gasteiger partial charge on any atom is -0.471 e. The Bertz CT molecular complexity index is 320. The van der Waals surface area contributed by atoms with Crippen molar-refractivity contribution in [3.63, 3.8) is 0 Å². The van der Waals surface area contributed by atoms with Crippen molar-refractivity contribution in [2.24, 2.45) is 5.73 Å². The van der Waals surface area contributed by atoms with Gasteiger partial charge in [-0.05, 0) is 32.4 Å². The van der Waals surface area contributed by atoms with Gasteiger partial charge in [-0.2, -0.15) is 0 Å². The van der Waals surface area contributed by atoms with Crippen LogP contribution in [0.4, 0.5) is 0 Å². The van der Waals surface area contributed by atoms with Crippen LogP contribution in [0.5, 0.6) is 5.88 Å². The summed E-state index contributed by atoms with van der Waals surface area (Å²) in [4.78, 5) is 4.06. The van der Waals surface area contributed by atoms with Crippen molar-refractivity contribution >= 4 is 11.6 Å². The van der Waals surface area contributed by atoms with E-state index in [2.05, 4.69) is 4.98 Å². The predicted molar refractivity (Wildman–Crippen MR) is 57.5 cm³/mol. The van der Waals surface area contributed by atoms with Gasteiger partial charge in [-0.1, -0.05) is 11.6 Å². The number of halogens is 1. The molecular weight excluding hydrogens is 200 g/mol. The molecule has 0 atom stereocenters. The smallest absolute Gasteiger partial charge is 0.233 e. The van der Waals surface area contributed by atoms with Gasteiger partial charge in [0.1, 0.15) is 10.6 Å². The first-order chi connectivity index (χ1) is 6.44. The number of rotatable bonds is 2. The number of pyridine rings is 1. The second-order valence-electron chi connectivity index (χ2n) is 4.01. The number of aromatic nitrogens is 1. The molecule has 3 nitrogen and oxygen atoms in total. The molecule has 0 amide bonds. The van der Waals surface area contributed by atoms with Gasteiger partial charge in [-0.25, -0.2) is 4.98 Å². The van der Waals surface area contributed by atoms with Crippen LogP contribution in [0.25, 0.3) is 0 Å². The van der Waals surface area contributed by atoms with Crippen molar-refractivity contribution < 1.29 is 4.74 Å². The highest BCUT2D eigenvalue weighted by atomic mass is 35.5. The highest BCUT2D eigenvalue weighted by Gasteiger charge is 2.16. The zero-order valence-electron chi connectivity index (χ0n) is 8.67. The van der Waals surface area contributed by atoms with E-state index in [1.54, 1.807) is 12.3 Å². The van der Waals surface area contributed by atoms with Crippen LogP contribution in [0.1, 0.15) is 26.3 Å². The molecule has 2 N–H and O–H groups in total. The Morgan fingerprint density at radius 1 is 1.50 bits per heavy atom. The lowest BCUT2D eigenvalue weighted by molar-refractivity contribution is 0.124. The Labute approximate surface area is 89.2 Å². The van der Waals surface area contributed by atoms with Crippen LogP contribution in [0.2, 0.25) is 5.02 Å². The predicted octanol–water partition coefficient (Wildman–Crippen LogP) is 2.37. The maximum absolute atomic E-state index is 6.05. The fourth-order valence-corrected chi connectivity index (χ4v) is 1.21. The van der Waals surface area contributed by atoms with Crippen molar-refractivity contribution in [3.05, 3.63) is 22.8 Å². The quantitative estimate of drug-likeness (QED) is 0.823. The molecule has 0 aromatic carbocycles. The number of hydrogen-bond donors (Lipinski definition) is 1. The van der Waals surface area contributed by atoms with E-state index < -0.39 is 0 Å². The largest absolute Gasteiger partial charge is 0.471 e. The molecular formula is C10H15ClN2O. The first-order valence-electron chi connectivity index (χ1n) is 4.46. The van der Waals surface area contributed by atoms with Gasteiger partial charge in [0.05, 0.1) is 0 Å². The molecule has 0 aliphatic carbocycles. The lowest BCUT2D eigenvalue weighted by atomic mass is 10.2. The summed E-state index contributed by atoms with van der Waals surface area (Å²) in [6.45, 7) is 6.22. The van der Waals surface area contributed by atoms with Crippen LogP contribution >= 0.6 is 11.6 Å². The zero-order valence-corrected chi connectivity index (χ0v) is 9.43. The second-order valence-corrected chi connectivity index (χ2v) is 4.39. The van der Waals surface area contributed by atoms with E-state index in [-0.39, 0.29) is 5.60 Å². The highest BCUT2D eigenvalue weighted by Crippen LogP contribution is 2.27. The van der Waals surface area contributed by atoms with Crippen LogP contribution in [-0.4, -0.2) is 10.6 Å². The summed E-state index contributed by atoms with van der Waals surface area (Å²) >= 11 is 6.05. The summed E-state index contributed by atoms with van der Waals surface area (Å²) < 4.78 is 5.58. The molecule has 0 spiro atoms. The lowest BCUT2D eigenvalue weighted by Crippen LogP contribution is -2.24. The van der Waals surface area contributed by atoms with Crippen LogP contribution in [0.3, 0.4) is 0 Å². The third kappa shape index (κ3) is 2.86. The topological polar surface area (TPSA) is 48.1 Å². The molecule has 0 aliphatic heterocycles. The molecule has 1 aromatic heterocycles. The van der Waals surface area contributed by atoms with E-state index >= 15 is 0 Å². The van der Waals surface area contributed by atoms with Crippen LogP contribution in [-0.2, 0) is 6.54 Å². The summed E-state index contributed by atoms with van der Waals surface area (Å²) in [6, 6.07) is 1.79. The van der Waals surface area contributed by atoms with Gasteiger partial charge < -0.3 is 10.5 Å². The maximum Gasteiger partial charge on any atom is 0.233 e. The first kappa shape index (κ1) is 11.3. The Morgan fingerprint density at radius 2 is 2.14 bits per heavy atom. The molecule has 1 aromatic rings. The van der Waals surface area contributed by atoms with Gasteiger partial charge in [0.2, 0.25) is 5.88 Å². The van der Waals surface area contributed by atoms with E-state index in [1.165, 1.54) is 0 Å². The van der Waals surface area contributed by atoms with Crippen molar-refractivity contribution in [1.82, 2.24) is 4.98 Å². The number of nitrogens with zero attached hydrogens (tertiary/aromatic N) is 1. The molecule has 14 heavy (non-hydrogen) atoms. The van der Waals surface area contributed by atoms with Crippen molar-refractivity contribution in [2.75, 3.05) is 0 Å². The molecule has 1 rings (SSSR count).